The van der Waals surface area contributed by atoms with E-state index in [1.54, 1.807) is 17.0 Å². The van der Waals surface area contributed by atoms with E-state index < -0.39 is 0 Å². The number of cyclic esters (lactones) is 1. The van der Waals surface area contributed by atoms with E-state index >= 15 is 0 Å². The van der Waals surface area contributed by atoms with Gasteiger partial charge in [-0.15, -0.1) is 0 Å². The third-order valence-corrected chi connectivity index (χ3v) is 2.76. The molecule has 1 aromatic carbocycles. The van der Waals surface area contributed by atoms with E-state index in [0.717, 1.165) is 5.56 Å². The molecule has 4 heteroatoms. The number of benzene rings is 1. The fourth-order valence-corrected chi connectivity index (χ4v) is 2.01. The molecule has 0 aliphatic carbocycles. The maximum Gasteiger partial charge on any atom is 0.410 e. The van der Waals surface area contributed by atoms with Gasteiger partial charge in [-0.2, -0.15) is 0 Å². The van der Waals surface area contributed by atoms with Crippen LogP contribution in [0, 0.1) is 0 Å². The maximum absolute atomic E-state index is 11.5. The normalized spacial score (nSPS) is 20.3. The molecule has 1 aliphatic heterocycles. The number of para-hydroxylation sites is 1. The number of carbonyl (C=O) groups excluding carboxylic acids is 1. The zero-order valence-corrected chi connectivity index (χ0v) is 9.38. The molecule has 0 spiro atoms. The van der Waals surface area contributed by atoms with Crippen molar-refractivity contribution in [2.45, 2.75) is 25.9 Å². The number of amides is 1. The highest BCUT2D eigenvalue weighted by atomic mass is 16.6. The van der Waals surface area contributed by atoms with Gasteiger partial charge in [0.25, 0.3) is 0 Å². The van der Waals surface area contributed by atoms with Gasteiger partial charge in [0, 0.05) is 11.6 Å². The molecule has 0 aromatic heterocycles. The number of hydrogen-bond donors (Lipinski definition) is 1. The average Bonchev–Trinajstić information content (AvgIpc) is 2.61. The predicted octanol–water partition coefficient (Wildman–Crippen LogP) is 2.29. The molecule has 1 atom stereocenters. The van der Waals surface area contributed by atoms with Gasteiger partial charge >= 0.3 is 6.09 Å². The third-order valence-electron chi connectivity index (χ3n) is 2.76. The van der Waals surface area contributed by atoms with Gasteiger partial charge in [-0.3, -0.25) is 4.90 Å². The first kappa shape index (κ1) is 10.8. The molecule has 1 saturated heterocycles. The van der Waals surface area contributed by atoms with Crippen molar-refractivity contribution >= 4 is 6.09 Å². The highest BCUT2D eigenvalue weighted by Crippen LogP contribution is 2.34. The molecule has 1 N–H and O–H groups in total. The van der Waals surface area contributed by atoms with Gasteiger partial charge in [0.15, 0.2) is 0 Å². The fourth-order valence-electron chi connectivity index (χ4n) is 2.01. The Bertz CT molecular complexity index is 403. The third kappa shape index (κ3) is 1.71. The Balaban J connectivity index is 2.34. The molecule has 1 amide bonds. The first-order valence-corrected chi connectivity index (χ1v) is 5.34. The molecule has 1 aromatic rings. The van der Waals surface area contributed by atoms with Gasteiger partial charge in [-0.1, -0.05) is 18.2 Å². The topological polar surface area (TPSA) is 49.8 Å². The van der Waals surface area contributed by atoms with Gasteiger partial charge < -0.3 is 9.84 Å². The molecule has 1 fully saturated rings. The minimum atomic E-state index is -0.316. The Morgan fingerprint density at radius 3 is 2.75 bits per heavy atom. The number of aromatic hydroxyl groups is 1. The maximum atomic E-state index is 11.5. The Morgan fingerprint density at radius 2 is 2.12 bits per heavy atom. The minimum Gasteiger partial charge on any atom is -0.508 e. The van der Waals surface area contributed by atoms with Crippen molar-refractivity contribution in [3.8, 4) is 5.75 Å². The summed E-state index contributed by atoms with van der Waals surface area (Å²) in [5, 5.41) is 9.76. The lowest BCUT2D eigenvalue weighted by Crippen LogP contribution is -2.34. The van der Waals surface area contributed by atoms with Crippen molar-refractivity contribution in [3.05, 3.63) is 29.8 Å². The van der Waals surface area contributed by atoms with Gasteiger partial charge in [-0.05, 0) is 19.9 Å². The Hall–Kier alpha value is -1.71. The van der Waals surface area contributed by atoms with Gasteiger partial charge in [-0.25, -0.2) is 4.79 Å². The molecule has 86 valence electrons. The van der Waals surface area contributed by atoms with E-state index in [-0.39, 0.29) is 23.9 Å². The van der Waals surface area contributed by atoms with Crippen LogP contribution in [0.4, 0.5) is 4.79 Å². The summed E-state index contributed by atoms with van der Waals surface area (Å²) in [6, 6.07) is 6.91. The molecular formula is C12H15NO3. The highest BCUT2D eigenvalue weighted by Gasteiger charge is 2.36. The van der Waals surface area contributed by atoms with Crippen LogP contribution in [0.3, 0.4) is 0 Å². The SMILES string of the molecule is CC(C)N1C(=O)OCC1c1ccccc1O. The molecule has 0 radical (unpaired) electrons. The quantitative estimate of drug-likeness (QED) is 0.833. The number of nitrogens with zero attached hydrogens (tertiary/aromatic N) is 1. The van der Waals surface area contributed by atoms with Crippen LogP contribution in [0.25, 0.3) is 0 Å². The second kappa shape index (κ2) is 4.04. The molecule has 2 rings (SSSR count). The number of hydrogen-bond acceptors (Lipinski definition) is 3. The Kier molecular flexibility index (Phi) is 2.73. The minimum absolute atomic E-state index is 0.0552. The van der Waals surface area contributed by atoms with Crippen molar-refractivity contribution in [2.24, 2.45) is 0 Å². The van der Waals surface area contributed by atoms with E-state index in [2.05, 4.69) is 0 Å². The molecule has 0 saturated carbocycles. The molecule has 1 aliphatic rings. The fraction of sp³-hybridized carbons (Fsp3) is 0.417. The van der Waals surface area contributed by atoms with Crippen LogP contribution < -0.4 is 0 Å². The van der Waals surface area contributed by atoms with Crippen molar-refractivity contribution < 1.29 is 14.6 Å². The number of phenolic OH excluding ortho intramolecular Hbond substituents is 1. The largest absolute Gasteiger partial charge is 0.508 e. The summed E-state index contributed by atoms with van der Waals surface area (Å²) in [7, 11) is 0. The number of rotatable bonds is 2. The summed E-state index contributed by atoms with van der Waals surface area (Å²) in [5.41, 5.74) is 0.738. The standard InChI is InChI=1S/C12H15NO3/c1-8(2)13-10(7-16-12(13)15)9-5-3-4-6-11(9)14/h3-6,8,10,14H,7H2,1-2H3. The van der Waals surface area contributed by atoms with Crippen LogP contribution >= 0.6 is 0 Å². The summed E-state index contributed by atoms with van der Waals surface area (Å²) in [5.74, 6) is 0.205. The van der Waals surface area contributed by atoms with Crippen molar-refractivity contribution in [3.63, 3.8) is 0 Å². The number of phenols is 1. The summed E-state index contributed by atoms with van der Waals surface area (Å²) in [6.45, 7) is 4.16. The lowest BCUT2D eigenvalue weighted by atomic mass is 10.0. The second-order valence-electron chi connectivity index (χ2n) is 4.15. The average molecular weight is 221 g/mol. The second-order valence-corrected chi connectivity index (χ2v) is 4.15. The first-order valence-electron chi connectivity index (χ1n) is 5.34. The zero-order chi connectivity index (χ0) is 11.7. The molecular weight excluding hydrogens is 206 g/mol. The predicted molar refractivity (Wildman–Crippen MR) is 59.2 cm³/mol. The van der Waals surface area contributed by atoms with Crippen LogP contribution in [0.2, 0.25) is 0 Å². The zero-order valence-electron chi connectivity index (χ0n) is 9.38. The van der Waals surface area contributed by atoms with Crippen molar-refractivity contribution in [2.75, 3.05) is 6.61 Å². The molecule has 16 heavy (non-hydrogen) atoms. The van der Waals surface area contributed by atoms with Crippen LogP contribution in [-0.4, -0.2) is 28.7 Å². The lowest BCUT2D eigenvalue weighted by molar-refractivity contribution is 0.149. The molecule has 1 heterocycles. The lowest BCUT2D eigenvalue weighted by Gasteiger charge is -2.25. The van der Waals surface area contributed by atoms with Crippen LogP contribution in [0.15, 0.2) is 24.3 Å². The summed E-state index contributed by atoms with van der Waals surface area (Å²) in [4.78, 5) is 13.2. The van der Waals surface area contributed by atoms with E-state index in [1.807, 2.05) is 26.0 Å². The Morgan fingerprint density at radius 1 is 1.44 bits per heavy atom. The summed E-state index contributed by atoms with van der Waals surface area (Å²) < 4.78 is 5.02. The van der Waals surface area contributed by atoms with Crippen molar-refractivity contribution in [1.82, 2.24) is 4.90 Å². The van der Waals surface area contributed by atoms with Gasteiger partial charge in [0.05, 0.1) is 6.04 Å². The number of ether oxygens (including phenoxy) is 1. The van der Waals surface area contributed by atoms with E-state index in [0.29, 0.717) is 6.61 Å². The molecule has 0 bridgehead atoms. The summed E-state index contributed by atoms with van der Waals surface area (Å²) >= 11 is 0. The van der Waals surface area contributed by atoms with E-state index in [1.165, 1.54) is 0 Å². The Labute approximate surface area is 94.4 Å². The smallest absolute Gasteiger partial charge is 0.410 e. The van der Waals surface area contributed by atoms with Crippen LogP contribution in [0.5, 0.6) is 5.75 Å². The summed E-state index contributed by atoms with van der Waals surface area (Å²) in [6.07, 6.45) is -0.316. The first-order chi connectivity index (χ1) is 7.61. The monoisotopic (exact) mass is 221 g/mol. The highest BCUT2D eigenvalue weighted by molar-refractivity contribution is 5.71. The van der Waals surface area contributed by atoms with Crippen LogP contribution in [-0.2, 0) is 4.74 Å². The van der Waals surface area contributed by atoms with Gasteiger partial charge in [0.2, 0.25) is 0 Å². The van der Waals surface area contributed by atoms with Crippen molar-refractivity contribution in [1.29, 1.82) is 0 Å². The van der Waals surface area contributed by atoms with E-state index in [4.69, 9.17) is 4.74 Å². The molecule has 4 nitrogen and oxygen atoms in total. The molecule has 1 unspecified atom stereocenters. The van der Waals surface area contributed by atoms with Gasteiger partial charge in [0.1, 0.15) is 12.4 Å². The van der Waals surface area contributed by atoms with E-state index in [9.17, 15) is 9.90 Å². The number of carbonyl (C=O) groups is 1. The van der Waals surface area contributed by atoms with Crippen LogP contribution in [0.1, 0.15) is 25.5 Å².